The van der Waals surface area contributed by atoms with Crippen molar-refractivity contribution in [3.63, 3.8) is 0 Å². The van der Waals surface area contributed by atoms with Crippen molar-refractivity contribution in [1.82, 2.24) is 10.3 Å². The predicted molar refractivity (Wildman–Crippen MR) is 63.7 cm³/mol. The molecular formula is C13H11F5N2O. The molecule has 2 rings (SSSR count). The van der Waals surface area contributed by atoms with E-state index in [4.69, 9.17) is 4.42 Å². The molecule has 0 amide bonds. The Hall–Kier alpha value is -1.96. The molecule has 0 saturated heterocycles. The van der Waals surface area contributed by atoms with Crippen LogP contribution in [0.5, 0.6) is 0 Å². The number of aromatic nitrogens is 1. The molecule has 0 aliphatic rings. The third-order valence-corrected chi connectivity index (χ3v) is 2.76. The van der Waals surface area contributed by atoms with Crippen LogP contribution >= 0.6 is 0 Å². The maximum absolute atomic E-state index is 13.7. The Morgan fingerprint density at radius 2 is 1.52 bits per heavy atom. The summed E-state index contributed by atoms with van der Waals surface area (Å²) in [6.07, 6.45) is 0.880. The lowest BCUT2D eigenvalue weighted by Crippen LogP contribution is -2.22. The highest BCUT2D eigenvalue weighted by molar-refractivity contribution is 5.62. The van der Waals surface area contributed by atoms with E-state index in [0.29, 0.717) is 0 Å². The molecule has 0 aliphatic carbocycles. The molecule has 0 unspecified atom stereocenters. The first-order valence-electron chi connectivity index (χ1n) is 6.02. The minimum absolute atomic E-state index is 0.0333. The predicted octanol–water partition coefficient (Wildman–Crippen LogP) is 3.54. The number of oxazole rings is 1. The molecule has 0 bridgehead atoms. The lowest BCUT2D eigenvalue weighted by Gasteiger charge is -2.09. The van der Waals surface area contributed by atoms with E-state index in [1.165, 1.54) is 0 Å². The molecule has 21 heavy (non-hydrogen) atoms. The van der Waals surface area contributed by atoms with Crippen molar-refractivity contribution in [2.45, 2.75) is 26.4 Å². The summed E-state index contributed by atoms with van der Waals surface area (Å²) in [5.74, 6) is -10.7. The minimum atomic E-state index is -2.21. The maximum atomic E-state index is 13.7. The molecule has 0 aliphatic heterocycles. The van der Waals surface area contributed by atoms with Crippen LogP contribution in [0.4, 0.5) is 22.0 Å². The Morgan fingerprint density at radius 3 is 2.05 bits per heavy atom. The quantitative estimate of drug-likeness (QED) is 0.533. The Kier molecular flexibility index (Phi) is 4.26. The van der Waals surface area contributed by atoms with Crippen LogP contribution in [0.3, 0.4) is 0 Å². The minimum Gasteiger partial charge on any atom is -0.443 e. The van der Waals surface area contributed by atoms with E-state index in [-0.39, 0.29) is 18.3 Å². The van der Waals surface area contributed by atoms with Gasteiger partial charge in [-0.2, -0.15) is 0 Å². The second-order valence-corrected chi connectivity index (χ2v) is 4.61. The van der Waals surface area contributed by atoms with Gasteiger partial charge in [0.05, 0.1) is 5.56 Å². The second-order valence-electron chi connectivity index (χ2n) is 4.61. The summed E-state index contributed by atoms with van der Waals surface area (Å²) in [4.78, 5) is 3.73. The van der Waals surface area contributed by atoms with E-state index in [0.717, 1.165) is 6.39 Å². The molecule has 0 saturated carbocycles. The van der Waals surface area contributed by atoms with E-state index < -0.39 is 40.4 Å². The van der Waals surface area contributed by atoms with Crippen LogP contribution < -0.4 is 5.32 Å². The fourth-order valence-corrected chi connectivity index (χ4v) is 1.70. The number of nitrogens with one attached hydrogen (secondary N) is 1. The van der Waals surface area contributed by atoms with Crippen LogP contribution in [0.2, 0.25) is 0 Å². The Balaban J connectivity index is 2.56. The largest absolute Gasteiger partial charge is 0.443 e. The van der Waals surface area contributed by atoms with Crippen LogP contribution in [0.1, 0.15) is 19.5 Å². The van der Waals surface area contributed by atoms with Gasteiger partial charge in [-0.3, -0.25) is 0 Å². The first-order valence-corrected chi connectivity index (χ1v) is 6.02. The summed E-state index contributed by atoms with van der Waals surface area (Å²) in [7, 11) is 0. The highest BCUT2D eigenvalue weighted by atomic mass is 19.2. The van der Waals surface area contributed by atoms with Gasteiger partial charge in [0.1, 0.15) is 5.69 Å². The van der Waals surface area contributed by atoms with Crippen LogP contribution in [0, 0.1) is 29.1 Å². The number of benzene rings is 1. The van der Waals surface area contributed by atoms with Gasteiger partial charge in [0.25, 0.3) is 0 Å². The molecule has 0 radical (unpaired) electrons. The number of rotatable bonds is 4. The maximum Gasteiger partial charge on any atom is 0.200 e. The second kappa shape index (κ2) is 5.80. The van der Waals surface area contributed by atoms with Gasteiger partial charge in [-0.15, -0.1) is 0 Å². The van der Waals surface area contributed by atoms with Gasteiger partial charge in [-0.05, 0) is 0 Å². The van der Waals surface area contributed by atoms with Gasteiger partial charge >= 0.3 is 0 Å². The van der Waals surface area contributed by atoms with Gasteiger partial charge in [0, 0.05) is 12.6 Å². The van der Waals surface area contributed by atoms with E-state index in [9.17, 15) is 22.0 Å². The van der Waals surface area contributed by atoms with Crippen molar-refractivity contribution in [2.24, 2.45) is 0 Å². The van der Waals surface area contributed by atoms with Crippen molar-refractivity contribution in [1.29, 1.82) is 0 Å². The standard InChI is InChI=1S/C13H11F5N2O/c1-5(2)19-3-6-13(21-4-20-6)7-8(14)10(16)12(18)11(17)9(7)15/h4-5,19H,3H2,1-2H3. The lowest BCUT2D eigenvalue weighted by atomic mass is 10.1. The number of nitrogens with zero attached hydrogens (tertiary/aromatic N) is 1. The molecular weight excluding hydrogens is 295 g/mol. The highest BCUT2D eigenvalue weighted by Crippen LogP contribution is 2.33. The fraction of sp³-hybridized carbons (Fsp3) is 0.308. The molecule has 8 heteroatoms. The van der Waals surface area contributed by atoms with Crippen molar-refractivity contribution in [2.75, 3.05) is 0 Å². The lowest BCUT2D eigenvalue weighted by molar-refractivity contribution is 0.378. The van der Waals surface area contributed by atoms with E-state index >= 15 is 0 Å². The van der Waals surface area contributed by atoms with Gasteiger partial charge in [-0.1, -0.05) is 13.8 Å². The average molecular weight is 306 g/mol. The topological polar surface area (TPSA) is 38.1 Å². The molecule has 1 N–H and O–H groups in total. The molecule has 114 valence electrons. The summed E-state index contributed by atoms with van der Waals surface area (Å²) >= 11 is 0. The van der Waals surface area contributed by atoms with Gasteiger partial charge < -0.3 is 9.73 Å². The fourth-order valence-electron chi connectivity index (χ4n) is 1.70. The number of hydrogen-bond donors (Lipinski definition) is 1. The Labute approximate surface area is 116 Å². The monoisotopic (exact) mass is 306 g/mol. The van der Waals surface area contributed by atoms with Crippen molar-refractivity contribution >= 4 is 0 Å². The third-order valence-electron chi connectivity index (χ3n) is 2.76. The van der Waals surface area contributed by atoms with Gasteiger partial charge in [-0.25, -0.2) is 26.9 Å². The van der Waals surface area contributed by atoms with Crippen LogP contribution in [0.15, 0.2) is 10.8 Å². The molecule has 1 aromatic carbocycles. The van der Waals surface area contributed by atoms with E-state index in [1.807, 2.05) is 13.8 Å². The van der Waals surface area contributed by atoms with Crippen molar-refractivity contribution in [3.8, 4) is 11.3 Å². The SMILES string of the molecule is CC(C)NCc1ncoc1-c1c(F)c(F)c(F)c(F)c1F. The summed E-state index contributed by atoms with van der Waals surface area (Å²) in [5.41, 5.74) is -1.07. The molecule has 0 spiro atoms. The third kappa shape index (κ3) is 2.76. The summed E-state index contributed by atoms with van der Waals surface area (Å²) in [5, 5.41) is 2.91. The summed E-state index contributed by atoms with van der Waals surface area (Å²) in [6, 6.07) is 0.0333. The van der Waals surface area contributed by atoms with Crippen LogP contribution in [-0.2, 0) is 6.54 Å². The Bertz CT molecular complexity index is 640. The van der Waals surface area contributed by atoms with Crippen molar-refractivity contribution in [3.05, 3.63) is 41.2 Å². The van der Waals surface area contributed by atoms with Crippen molar-refractivity contribution < 1.29 is 26.4 Å². The zero-order chi connectivity index (χ0) is 15.7. The molecule has 2 aromatic rings. The number of hydrogen-bond acceptors (Lipinski definition) is 3. The van der Waals surface area contributed by atoms with Crippen LogP contribution in [0.25, 0.3) is 11.3 Å². The van der Waals surface area contributed by atoms with Crippen LogP contribution in [-0.4, -0.2) is 11.0 Å². The first-order chi connectivity index (χ1) is 9.84. The smallest absolute Gasteiger partial charge is 0.200 e. The molecule has 1 heterocycles. The summed E-state index contributed by atoms with van der Waals surface area (Å²) in [6.45, 7) is 3.69. The average Bonchev–Trinajstić information content (AvgIpc) is 2.89. The molecule has 0 fully saturated rings. The normalized spacial score (nSPS) is 11.4. The molecule has 0 atom stereocenters. The molecule has 3 nitrogen and oxygen atoms in total. The van der Waals surface area contributed by atoms with Gasteiger partial charge in [0.2, 0.25) is 5.82 Å². The zero-order valence-corrected chi connectivity index (χ0v) is 11.1. The van der Waals surface area contributed by atoms with Gasteiger partial charge in [0.15, 0.2) is 35.4 Å². The van der Waals surface area contributed by atoms with E-state index in [1.54, 1.807) is 0 Å². The van der Waals surface area contributed by atoms with E-state index in [2.05, 4.69) is 10.3 Å². The zero-order valence-electron chi connectivity index (χ0n) is 11.1. The highest BCUT2D eigenvalue weighted by Gasteiger charge is 2.29. The first kappa shape index (κ1) is 15.4. The Morgan fingerprint density at radius 1 is 1.00 bits per heavy atom. The molecule has 1 aromatic heterocycles. The number of halogens is 5. The summed E-state index contributed by atoms with van der Waals surface area (Å²) < 4.78 is 71.6.